The van der Waals surface area contributed by atoms with Crippen molar-refractivity contribution in [2.75, 3.05) is 0 Å². The Bertz CT molecular complexity index is 606. The molecule has 0 aromatic heterocycles. The average molecular weight is 409 g/mol. The van der Waals surface area contributed by atoms with Crippen molar-refractivity contribution in [3.8, 4) is 0 Å². The molecule has 1 fully saturated rings. The molecule has 0 aromatic rings. The molecule has 2 aliphatic rings. The lowest BCUT2D eigenvalue weighted by Gasteiger charge is -2.37. The van der Waals surface area contributed by atoms with E-state index >= 15 is 0 Å². The number of carbonyl (C=O) groups excluding carboxylic acids is 1. The predicted octanol–water partition coefficient (Wildman–Crippen LogP) is 4.59. The van der Waals surface area contributed by atoms with Crippen molar-refractivity contribution in [3.63, 3.8) is 0 Å². The van der Waals surface area contributed by atoms with E-state index in [0.29, 0.717) is 5.57 Å². The van der Waals surface area contributed by atoms with Crippen LogP contribution in [0.1, 0.15) is 27.7 Å². The maximum atomic E-state index is 12.9. The van der Waals surface area contributed by atoms with Gasteiger partial charge in [-0.15, -0.1) is 23.2 Å². The number of carboxylic acids is 1. The minimum Gasteiger partial charge on any atom is -0.481 e. The van der Waals surface area contributed by atoms with E-state index in [1.54, 1.807) is 20.8 Å². The first-order chi connectivity index (χ1) is 9.66. The van der Waals surface area contributed by atoms with Crippen molar-refractivity contribution in [1.82, 2.24) is 0 Å². The van der Waals surface area contributed by atoms with Crippen LogP contribution in [0, 0.1) is 17.3 Å². The number of allylic oxidation sites excluding steroid dienone is 2. The highest BCUT2D eigenvalue weighted by Crippen LogP contribution is 2.75. The zero-order chi connectivity index (χ0) is 17.5. The van der Waals surface area contributed by atoms with E-state index in [9.17, 15) is 14.7 Å². The number of hydrogen-bond donors (Lipinski definition) is 1. The van der Waals surface area contributed by atoms with Crippen molar-refractivity contribution < 1.29 is 14.7 Å². The number of Topliss-reactive ketones (excluding diaryl/α,β-unsaturated/α-hetero) is 1. The molecule has 8 heteroatoms. The molecule has 3 nitrogen and oxygen atoms in total. The maximum Gasteiger partial charge on any atom is 0.309 e. The van der Waals surface area contributed by atoms with Crippen LogP contribution in [0.5, 0.6) is 0 Å². The van der Waals surface area contributed by atoms with Crippen LogP contribution in [0.4, 0.5) is 0 Å². The van der Waals surface area contributed by atoms with Crippen molar-refractivity contribution in [1.29, 1.82) is 0 Å². The molecule has 0 radical (unpaired) electrons. The molecule has 2 aliphatic carbocycles. The summed E-state index contributed by atoms with van der Waals surface area (Å²) in [6.45, 7) is 6.52. The first-order valence-corrected chi connectivity index (χ1v) is 8.45. The van der Waals surface area contributed by atoms with E-state index in [4.69, 9.17) is 58.0 Å². The van der Waals surface area contributed by atoms with Crippen LogP contribution in [-0.2, 0) is 9.59 Å². The number of alkyl halides is 4. The monoisotopic (exact) mass is 406 g/mol. The van der Waals surface area contributed by atoms with Gasteiger partial charge >= 0.3 is 5.97 Å². The van der Waals surface area contributed by atoms with Gasteiger partial charge in [0, 0.05) is 10.4 Å². The van der Waals surface area contributed by atoms with Crippen molar-refractivity contribution in [2.24, 2.45) is 17.3 Å². The molecule has 1 saturated carbocycles. The Kier molecular flexibility index (Phi) is 4.17. The largest absolute Gasteiger partial charge is 0.481 e. The van der Waals surface area contributed by atoms with E-state index in [2.05, 4.69) is 0 Å². The lowest BCUT2D eigenvalue weighted by atomic mass is 9.70. The van der Waals surface area contributed by atoms with Gasteiger partial charge in [-0.05, 0) is 12.5 Å². The normalized spacial score (nSPS) is 40.2. The fourth-order valence-corrected chi connectivity index (χ4v) is 5.92. The lowest BCUT2D eigenvalue weighted by Crippen LogP contribution is -2.48. The number of carboxylic acid groups (broad SMARTS) is 1. The van der Waals surface area contributed by atoms with Crippen LogP contribution in [-0.4, -0.2) is 30.9 Å². The summed E-state index contributed by atoms with van der Waals surface area (Å²) >= 11 is 32.2. The van der Waals surface area contributed by atoms with Crippen LogP contribution in [0.3, 0.4) is 0 Å². The highest BCUT2D eigenvalue weighted by atomic mass is 35.5. The van der Waals surface area contributed by atoms with E-state index in [-0.39, 0.29) is 5.03 Å². The average Bonchev–Trinajstić information content (AvgIpc) is 2.56. The van der Waals surface area contributed by atoms with Crippen LogP contribution in [0.15, 0.2) is 10.6 Å². The van der Waals surface area contributed by atoms with Crippen LogP contribution >= 0.6 is 58.0 Å². The second kappa shape index (κ2) is 4.92. The molecule has 0 aliphatic heterocycles. The van der Waals surface area contributed by atoms with Gasteiger partial charge in [-0.3, -0.25) is 9.59 Å². The third-order valence-corrected chi connectivity index (χ3v) is 8.35. The summed E-state index contributed by atoms with van der Waals surface area (Å²) < 4.78 is -1.92. The van der Waals surface area contributed by atoms with Gasteiger partial charge in [0.25, 0.3) is 0 Å². The fraction of sp³-hybridized carbons (Fsp3) is 0.714. The van der Waals surface area contributed by atoms with Gasteiger partial charge in [0.2, 0.25) is 0 Å². The Labute approximate surface area is 153 Å². The molecule has 22 heavy (non-hydrogen) atoms. The summed E-state index contributed by atoms with van der Waals surface area (Å²) in [6, 6.07) is 0. The van der Waals surface area contributed by atoms with Crippen LogP contribution in [0.2, 0.25) is 0 Å². The zero-order valence-corrected chi connectivity index (χ0v) is 16.1. The number of ketones is 1. The second-order valence-corrected chi connectivity index (χ2v) is 9.74. The molecule has 1 N–H and O–H groups in total. The predicted molar refractivity (Wildman–Crippen MR) is 89.2 cm³/mol. The Hall–Kier alpha value is 0.330. The number of carbonyl (C=O) groups is 2. The summed E-state index contributed by atoms with van der Waals surface area (Å²) in [6.07, 6.45) is 0. The Balaban J connectivity index is 2.81. The summed E-state index contributed by atoms with van der Waals surface area (Å²) in [5.74, 6) is -4.27. The summed E-state index contributed by atoms with van der Waals surface area (Å²) in [4.78, 5) is 21.2. The van der Waals surface area contributed by atoms with E-state index in [1.165, 1.54) is 6.92 Å². The molecule has 0 spiro atoms. The second-order valence-electron chi connectivity index (χ2n) is 6.84. The smallest absolute Gasteiger partial charge is 0.309 e. The molecule has 124 valence electrons. The van der Waals surface area contributed by atoms with E-state index in [0.717, 1.165) is 0 Å². The van der Waals surface area contributed by atoms with Gasteiger partial charge in [0.1, 0.15) is 15.5 Å². The van der Waals surface area contributed by atoms with E-state index in [1.807, 2.05) is 0 Å². The minimum atomic E-state index is -1.92. The SMILES string of the molecule is CC1=C(Cl)C2(Cl)C(C(=O)C(C)(C)C)C(C(=O)O)C1(Cl)C2(Cl)Cl. The highest BCUT2D eigenvalue weighted by Gasteiger charge is 2.84. The van der Waals surface area contributed by atoms with Gasteiger partial charge in [0.05, 0.1) is 11.8 Å². The van der Waals surface area contributed by atoms with Crippen molar-refractivity contribution in [2.45, 2.75) is 41.8 Å². The molecular formula is C14H15Cl5O3. The quantitative estimate of drug-likeness (QED) is 0.680. The first-order valence-electron chi connectivity index (χ1n) is 6.56. The highest BCUT2D eigenvalue weighted by molar-refractivity contribution is 6.63. The van der Waals surface area contributed by atoms with Crippen LogP contribution in [0.25, 0.3) is 0 Å². The molecule has 2 rings (SSSR count). The molecule has 2 bridgehead atoms. The number of rotatable bonds is 2. The van der Waals surface area contributed by atoms with Gasteiger partial charge in [-0.1, -0.05) is 55.6 Å². The van der Waals surface area contributed by atoms with Gasteiger partial charge < -0.3 is 5.11 Å². The molecule has 0 heterocycles. The number of fused-ring (bicyclic) bond motifs is 2. The molecule has 4 unspecified atom stereocenters. The van der Waals surface area contributed by atoms with Crippen molar-refractivity contribution >= 4 is 69.8 Å². The van der Waals surface area contributed by atoms with Gasteiger partial charge in [-0.25, -0.2) is 0 Å². The molecule has 0 aromatic carbocycles. The lowest BCUT2D eigenvalue weighted by molar-refractivity contribution is -0.148. The molecule has 0 amide bonds. The minimum absolute atomic E-state index is 0.0502. The Morgan fingerprint density at radius 3 is 1.86 bits per heavy atom. The third-order valence-electron chi connectivity index (χ3n) is 4.59. The molecule has 4 atom stereocenters. The van der Waals surface area contributed by atoms with Gasteiger partial charge in [-0.2, -0.15) is 0 Å². The van der Waals surface area contributed by atoms with Crippen LogP contribution < -0.4 is 0 Å². The first kappa shape index (κ1) is 18.7. The fourth-order valence-electron chi connectivity index (χ4n) is 3.40. The summed E-state index contributed by atoms with van der Waals surface area (Å²) in [5.41, 5.74) is -0.561. The third kappa shape index (κ3) is 1.84. The standard InChI is InChI=1S/C14H15Cl5O3/c1-5-8(15)13(17)6(9(20)11(2,3)4)7(10(21)22)12(5,16)14(13,18)19/h6-7H,1-4H3,(H,21,22). The zero-order valence-electron chi connectivity index (χ0n) is 12.3. The Morgan fingerprint density at radius 2 is 1.50 bits per heavy atom. The summed E-state index contributed by atoms with van der Waals surface area (Å²) in [5, 5.41) is 9.71. The summed E-state index contributed by atoms with van der Waals surface area (Å²) in [7, 11) is 0. The molecular weight excluding hydrogens is 393 g/mol. The number of halogens is 5. The van der Waals surface area contributed by atoms with Gasteiger partial charge in [0.15, 0.2) is 4.33 Å². The number of aliphatic carboxylic acids is 1. The topological polar surface area (TPSA) is 54.4 Å². The maximum absolute atomic E-state index is 12.9. The number of hydrogen-bond acceptors (Lipinski definition) is 2. The van der Waals surface area contributed by atoms with Crippen molar-refractivity contribution in [3.05, 3.63) is 10.6 Å². The Morgan fingerprint density at radius 1 is 1.05 bits per heavy atom. The molecule has 0 saturated heterocycles. The van der Waals surface area contributed by atoms with E-state index < -0.39 is 43.1 Å².